The standard InChI is InChI=1S/C26H20F2.C2H6/c1-17-3-6-19(7-4-17)20-8-10-21(11-9-20)23-14-12-22(16-26(23)28)24-13-5-18(2)15-25(24)27;1-2/h3-16H,1-2H3;1-2H3. The van der Waals surface area contributed by atoms with E-state index in [9.17, 15) is 8.78 Å². The first-order chi connectivity index (χ1) is 14.5. The van der Waals surface area contributed by atoms with Gasteiger partial charge in [0, 0.05) is 11.1 Å². The van der Waals surface area contributed by atoms with Crippen LogP contribution in [0.2, 0.25) is 0 Å². The molecule has 0 amide bonds. The van der Waals surface area contributed by atoms with E-state index in [1.165, 1.54) is 17.7 Å². The van der Waals surface area contributed by atoms with Crippen LogP contribution in [0.3, 0.4) is 0 Å². The minimum Gasteiger partial charge on any atom is -0.206 e. The Labute approximate surface area is 177 Å². The monoisotopic (exact) mass is 400 g/mol. The minimum absolute atomic E-state index is 0.338. The van der Waals surface area contributed by atoms with Crippen molar-refractivity contribution in [3.63, 3.8) is 0 Å². The third kappa shape index (κ3) is 4.65. The summed E-state index contributed by atoms with van der Waals surface area (Å²) in [4.78, 5) is 0. The van der Waals surface area contributed by atoms with Gasteiger partial charge in [-0.05, 0) is 53.8 Å². The molecule has 30 heavy (non-hydrogen) atoms. The van der Waals surface area contributed by atoms with E-state index >= 15 is 0 Å². The molecule has 0 spiro atoms. The second-order valence-electron chi connectivity index (χ2n) is 7.12. The molecule has 0 aliphatic heterocycles. The highest BCUT2D eigenvalue weighted by Gasteiger charge is 2.11. The zero-order valence-electron chi connectivity index (χ0n) is 17.8. The Bertz CT molecular complexity index is 1120. The van der Waals surface area contributed by atoms with Crippen molar-refractivity contribution in [1.82, 2.24) is 0 Å². The Morgan fingerprint density at radius 3 is 1.40 bits per heavy atom. The van der Waals surface area contributed by atoms with E-state index in [0.29, 0.717) is 16.7 Å². The molecule has 0 saturated heterocycles. The van der Waals surface area contributed by atoms with Crippen LogP contribution in [0.5, 0.6) is 0 Å². The fourth-order valence-electron chi connectivity index (χ4n) is 3.36. The van der Waals surface area contributed by atoms with Crippen LogP contribution < -0.4 is 0 Å². The molecule has 152 valence electrons. The molecule has 0 N–H and O–H groups in total. The molecule has 0 heterocycles. The maximum atomic E-state index is 14.8. The summed E-state index contributed by atoms with van der Waals surface area (Å²) in [6, 6.07) is 26.0. The summed E-state index contributed by atoms with van der Waals surface area (Å²) < 4.78 is 29.0. The predicted octanol–water partition coefficient (Wildman–Crippen LogP) is 8.61. The maximum absolute atomic E-state index is 14.8. The molecule has 0 aliphatic carbocycles. The maximum Gasteiger partial charge on any atom is 0.131 e. The van der Waals surface area contributed by atoms with E-state index in [-0.39, 0.29) is 11.6 Å². The normalized spacial score (nSPS) is 10.3. The number of rotatable bonds is 3. The zero-order chi connectivity index (χ0) is 21.7. The van der Waals surface area contributed by atoms with E-state index < -0.39 is 0 Å². The highest BCUT2D eigenvalue weighted by Crippen LogP contribution is 2.31. The summed E-state index contributed by atoms with van der Waals surface area (Å²) in [5.41, 5.74) is 6.52. The second kappa shape index (κ2) is 9.49. The molecular weight excluding hydrogens is 374 g/mol. The Hall–Kier alpha value is -3.26. The first kappa shape index (κ1) is 21.4. The summed E-state index contributed by atoms with van der Waals surface area (Å²) in [7, 11) is 0. The summed E-state index contributed by atoms with van der Waals surface area (Å²) in [6.45, 7) is 7.89. The van der Waals surface area contributed by atoms with Gasteiger partial charge in [0.05, 0.1) is 0 Å². The van der Waals surface area contributed by atoms with Crippen LogP contribution >= 0.6 is 0 Å². The lowest BCUT2D eigenvalue weighted by atomic mass is 9.97. The second-order valence-corrected chi connectivity index (χ2v) is 7.12. The third-order valence-corrected chi connectivity index (χ3v) is 4.99. The molecule has 0 aliphatic rings. The average molecular weight is 401 g/mol. The Morgan fingerprint density at radius 1 is 0.433 bits per heavy atom. The molecule has 0 radical (unpaired) electrons. The lowest BCUT2D eigenvalue weighted by Crippen LogP contribution is -1.90. The van der Waals surface area contributed by atoms with Gasteiger partial charge in [0.2, 0.25) is 0 Å². The Kier molecular flexibility index (Phi) is 6.79. The summed E-state index contributed by atoms with van der Waals surface area (Å²) >= 11 is 0. The van der Waals surface area contributed by atoms with E-state index in [1.54, 1.807) is 18.2 Å². The molecule has 0 saturated carbocycles. The van der Waals surface area contributed by atoms with Gasteiger partial charge in [0.1, 0.15) is 11.6 Å². The molecular formula is C28H26F2. The molecule has 0 fully saturated rings. The predicted molar refractivity (Wildman–Crippen MR) is 123 cm³/mol. The Balaban J connectivity index is 0.00000124. The number of aryl methyl sites for hydroxylation is 2. The molecule has 2 heteroatoms. The van der Waals surface area contributed by atoms with Crippen LogP contribution in [0.4, 0.5) is 8.78 Å². The van der Waals surface area contributed by atoms with Gasteiger partial charge in [-0.15, -0.1) is 0 Å². The van der Waals surface area contributed by atoms with Gasteiger partial charge < -0.3 is 0 Å². The highest BCUT2D eigenvalue weighted by atomic mass is 19.1. The van der Waals surface area contributed by atoms with Crippen molar-refractivity contribution in [1.29, 1.82) is 0 Å². The zero-order valence-corrected chi connectivity index (χ0v) is 17.8. The number of hydrogen-bond donors (Lipinski definition) is 0. The molecule has 4 aromatic rings. The van der Waals surface area contributed by atoms with Crippen molar-refractivity contribution >= 4 is 0 Å². The largest absolute Gasteiger partial charge is 0.206 e. The number of halogens is 2. The molecule has 0 nitrogen and oxygen atoms in total. The first-order valence-electron chi connectivity index (χ1n) is 10.2. The fourth-order valence-corrected chi connectivity index (χ4v) is 3.36. The van der Waals surface area contributed by atoms with Crippen molar-refractivity contribution in [2.24, 2.45) is 0 Å². The van der Waals surface area contributed by atoms with E-state index in [1.807, 2.05) is 51.1 Å². The van der Waals surface area contributed by atoms with Crippen molar-refractivity contribution < 1.29 is 8.78 Å². The van der Waals surface area contributed by atoms with Crippen molar-refractivity contribution in [3.05, 3.63) is 108 Å². The summed E-state index contributed by atoms with van der Waals surface area (Å²) in [5.74, 6) is -0.699. The van der Waals surface area contributed by atoms with Crippen LogP contribution in [-0.2, 0) is 0 Å². The van der Waals surface area contributed by atoms with Crippen LogP contribution in [0, 0.1) is 25.5 Å². The van der Waals surface area contributed by atoms with Gasteiger partial charge in [-0.25, -0.2) is 8.78 Å². The smallest absolute Gasteiger partial charge is 0.131 e. The van der Waals surface area contributed by atoms with Crippen molar-refractivity contribution in [2.75, 3.05) is 0 Å². The van der Waals surface area contributed by atoms with E-state index in [4.69, 9.17) is 0 Å². The highest BCUT2D eigenvalue weighted by molar-refractivity contribution is 5.74. The van der Waals surface area contributed by atoms with Crippen molar-refractivity contribution in [2.45, 2.75) is 27.7 Å². The van der Waals surface area contributed by atoms with Crippen LogP contribution in [0.25, 0.3) is 33.4 Å². The van der Waals surface area contributed by atoms with Gasteiger partial charge in [-0.1, -0.05) is 92.2 Å². The average Bonchev–Trinajstić information content (AvgIpc) is 2.76. The molecule has 0 bridgehead atoms. The minimum atomic E-state index is -0.361. The first-order valence-corrected chi connectivity index (χ1v) is 10.2. The number of hydrogen-bond acceptors (Lipinski definition) is 0. The van der Waals surface area contributed by atoms with Crippen LogP contribution in [0.15, 0.2) is 84.9 Å². The molecule has 0 aromatic heterocycles. The lowest BCUT2D eigenvalue weighted by molar-refractivity contribution is 0.626. The SMILES string of the molecule is CC.Cc1ccc(-c2ccc(-c3ccc(-c4ccc(C)cc4F)cc3F)cc2)cc1. The van der Waals surface area contributed by atoms with Crippen molar-refractivity contribution in [3.8, 4) is 33.4 Å². The molecule has 0 unspecified atom stereocenters. The Morgan fingerprint density at radius 2 is 0.833 bits per heavy atom. The molecule has 4 aromatic carbocycles. The van der Waals surface area contributed by atoms with Gasteiger partial charge in [-0.3, -0.25) is 0 Å². The topological polar surface area (TPSA) is 0 Å². The third-order valence-electron chi connectivity index (χ3n) is 4.99. The summed E-state index contributed by atoms with van der Waals surface area (Å²) in [6.07, 6.45) is 0. The van der Waals surface area contributed by atoms with E-state index in [2.05, 4.69) is 31.2 Å². The summed E-state index contributed by atoms with van der Waals surface area (Å²) in [5, 5.41) is 0. The molecule has 0 atom stereocenters. The quantitative estimate of drug-likeness (QED) is 0.323. The van der Waals surface area contributed by atoms with Crippen LogP contribution in [-0.4, -0.2) is 0 Å². The number of benzene rings is 4. The van der Waals surface area contributed by atoms with Gasteiger partial charge in [0.25, 0.3) is 0 Å². The van der Waals surface area contributed by atoms with Crippen LogP contribution in [0.1, 0.15) is 25.0 Å². The van der Waals surface area contributed by atoms with Gasteiger partial charge in [-0.2, -0.15) is 0 Å². The molecule has 4 rings (SSSR count). The van der Waals surface area contributed by atoms with Gasteiger partial charge >= 0.3 is 0 Å². The van der Waals surface area contributed by atoms with E-state index in [0.717, 1.165) is 22.3 Å². The lowest BCUT2D eigenvalue weighted by Gasteiger charge is -2.09. The van der Waals surface area contributed by atoms with Gasteiger partial charge in [0.15, 0.2) is 0 Å². The fraction of sp³-hybridized carbons (Fsp3) is 0.143.